The molecule has 0 saturated heterocycles. The third kappa shape index (κ3) is 6.51. The molecule has 6 heteroatoms. The highest BCUT2D eigenvalue weighted by Gasteiger charge is 2.16. The number of ether oxygens (including phenoxy) is 2. The maximum atomic E-state index is 12.4. The summed E-state index contributed by atoms with van der Waals surface area (Å²) in [6.07, 6.45) is 0.170. The summed E-state index contributed by atoms with van der Waals surface area (Å²) < 4.78 is 12.2. The van der Waals surface area contributed by atoms with Crippen LogP contribution in [0.2, 0.25) is 5.02 Å². The number of hydrogen-bond acceptors (Lipinski definition) is 3. The summed E-state index contributed by atoms with van der Waals surface area (Å²) in [5.41, 5.74) is 1.91. The van der Waals surface area contributed by atoms with Crippen molar-refractivity contribution in [2.24, 2.45) is 0 Å². The van der Waals surface area contributed by atoms with E-state index in [9.17, 15) is 4.79 Å². The molecule has 0 aliphatic heterocycles. The van der Waals surface area contributed by atoms with E-state index in [1.54, 1.807) is 37.3 Å². The van der Waals surface area contributed by atoms with Gasteiger partial charge >= 0.3 is 0 Å². The van der Waals surface area contributed by atoms with Gasteiger partial charge in [-0.2, -0.15) is 0 Å². The standard InChI is InChI=1S/C23H21BrClNO3/c1-16(29-22-12-7-18(25)15-21(22)24)23(27)26-19-8-10-20(11-9-19)28-14-13-17-5-3-2-4-6-17/h2-12,15-16H,13-14H2,1H3,(H,26,27). The third-order valence-corrected chi connectivity index (χ3v) is 5.05. The van der Waals surface area contributed by atoms with E-state index in [4.69, 9.17) is 21.1 Å². The lowest BCUT2D eigenvalue weighted by atomic mass is 10.2. The van der Waals surface area contributed by atoms with Gasteiger partial charge in [-0.15, -0.1) is 0 Å². The van der Waals surface area contributed by atoms with Crippen LogP contribution in [0, 0.1) is 0 Å². The molecule has 0 bridgehead atoms. The van der Waals surface area contributed by atoms with Gasteiger partial charge in [0.2, 0.25) is 0 Å². The first kappa shape index (κ1) is 21.2. The minimum Gasteiger partial charge on any atom is -0.493 e. The van der Waals surface area contributed by atoms with Crippen molar-refractivity contribution in [2.45, 2.75) is 19.4 Å². The summed E-state index contributed by atoms with van der Waals surface area (Å²) in [4.78, 5) is 12.4. The molecule has 150 valence electrons. The van der Waals surface area contributed by atoms with E-state index in [0.717, 1.165) is 12.2 Å². The molecule has 0 aliphatic carbocycles. The van der Waals surface area contributed by atoms with E-state index in [2.05, 4.69) is 33.4 Å². The lowest BCUT2D eigenvalue weighted by Crippen LogP contribution is -2.30. The molecule has 1 unspecified atom stereocenters. The van der Waals surface area contributed by atoms with Crippen molar-refractivity contribution >= 4 is 39.1 Å². The van der Waals surface area contributed by atoms with Gasteiger partial charge in [0.15, 0.2) is 6.10 Å². The van der Waals surface area contributed by atoms with Crippen molar-refractivity contribution in [3.63, 3.8) is 0 Å². The van der Waals surface area contributed by atoms with Crippen molar-refractivity contribution in [1.29, 1.82) is 0 Å². The number of rotatable bonds is 8. The molecule has 0 saturated carbocycles. The smallest absolute Gasteiger partial charge is 0.265 e. The SMILES string of the molecule is CC(Oc1ccc(Cl)cc1Br)C(=O)Nc1ccc(OCCc2ccccc2)cc1. The monoisotopic (exact) mass is 473 g/mol. The van der Waals surface area contributed by atoms with Gasteiger partial charge in [-0.05, 0) is 70.9 Å². The fourth-order valence-electron chi connectivity index (χ4n) is 2.62. The van der Waals surface area contributed by atoms with Gasteiger partial charge in [-0.1, -0.05) is 41.9 Å². The second-order valence-electron chi connectivity index (χ2n) is 6.43. The fraction of sp³-hybridized carbons (Fsp3) is 0.174. The molecular formula is C23H21BrClNO3. The van der Waals surface area contributed by atoms with Crippen LogP contribution in [-0.4, -0.2) is 18.6 Å². The number of hydrogen-bond donors (Lipinski definition) is 1. The summed E-state index contributed by atoms with van der Waals surface area (Å²) in [7, 11) is 0. The van der Waals surface area contributed by atoms with Gasteiger partial charge in [0.1, 0.15) is 11.5 Å². The molecule has 0 aliphatic rings. The number of nitrogens with one attached hydrogen (secondary N) is 1. The number of halogens is 2. The summed E-state index contributed by atoms with van der Waals surface area (Å²) in [5, 5.41) is 3.43. The second-order valence-corrected chi connectivity index (χ2v) is 7.72. The van der Waals surface area contributed by atoms with Crippen LogP contribution in [0.25, 0.3) is 0 Å². The molecule has 3 aromatic rings. The van der Waals surface area contributed by atoms with E-state index in [1.165, 1.54) is 5.56 Å². The Morgan fingerprint density at radius 2 is 1.79 bits per heavy atom. The molecule has 1 atom stereocenters. The van der Waals surface area contributed by atoms with Crippen LogP contribution in [-0.2, 0) is 11.2 Å². The fourth-order valence-corrected chi connectivity index (χ4v) is 3.40. The summed E-state index contributed by atoms with van der Waals surface area (Å²) in [6.45, 7) is 2.29. The Kier molecular flexibility index (Phi) is 7.55. The van der Waals surface area contributed by atoms with Crippen molar-refractivity contribution in [1.82, 2.24) is 0 Å². The molecule has 0 radical (unpaired) electrons. The van der Waals surface area contributed by atoms with Crippen molar-refractivity contribution < 1.29 is 14.3 Å². The molecule has 1 amide bonds. The molecule has 1 N–H and O–H groups in total. The number of amides is 1. The maximum Gasteiger partial charge on any atom is 0.265 e. The van der Waals surface area contributed by atoms with Crippen molar-refractivity contribution in [2.75, 3.05) is 11.9 Å². The zero-order valence-electron chi connectivity index (χ0n) is 15.9. The lowest BCUT2D eigenvalue weighted by molar-refractivity contribution is -0.122. The predicted molar refractivity (Wildman–Crippen MR) is 120 cm³/mol. The quantitative estimate of drug-likeness (QED) is 0.427. The molecule has 0 spiro atoms. The maximum absolute atomic E-state index is 12.4. The Bertz CT molecular complexity index is 948. The van der Waals surface area contributed by atoms with Crippen LogP contribution in [0.1, 0.15) is 12.5 Å². The zero-order chi connectivity index (χ0) is 20.6. The average Bonchev–Trinajstić information content (AvgIpc) is 2.72. The highest BCUT2D eigenvalue weighted by atomic mass is 79.9. The molecule has 0 heterocycles. The number of benzene rings is 3. The Morgan fingerprint density at radius 1 is 1.07 bits per heavy atom. The van der Waals surface area contributed by atoms with Crippen LogP contribution in [0.15, 0.2) is 77.3 Å². The summed E-state index contributed by atoms with van der Waals surface area (Å²) in [6, 6.07) is 22.6. The van der Waals surface area contributed by atoms with Crippen LogP contribution >= 0.6 is 27.5 Å². The zero-order valence-corrected chi connectivity index (χ0v) is 18.2. The van der Waals surface area contributed by atoms with Gasteiger partial charge in [-0.25, -0.2) is 0 Å². The van der Waals surface area contributed by atoms with Crippen molar-refractivity contribution in [3.8, 4) is 11.5 Å². The third-order valence-electron chi connectivity index (χ3n) is 4.19. The van der Waals surface area contributed by atoms with Crippen LogP contribution in [0.3, 0.4) is 0 Å². The van der Waals surface area contributed by atoms with E-state index in [-0.39, 0.29) is 5.91 Å². The van der Waals surface area contributed by atoms with Gasteiger partial charge in [0.05, 0.1) is 11.1 Å². The highest BCUT2D eigenvalue weighted by molar-refractivity contribution is 9.10. The molecule has 0 aromatic heterocycles. The first-order valence-electron chi connectivity index (χ1n) is 9.20. The average molecular weight is 475 g/mol. The Labute approximate surface area is 183 Å². The van der Waals surface area contributed by atoms with Crippen LogP contribution in [0.4, 0.5) is 5.69 Å². The molecule has 3 rings (SSSR count). The molecule has 3 aromatic carbocycles. The number of anilines is 1. The predicted octanol–water partition coefficient (Wildman–Crippen LogP) is 6.13. The van der Waals surface area contributed by atoms with E-state index in [0.29, 0.717) is 27.5 Å². The van der Waals surface area contributed by atoms with Crippen molar-refractivity contribution in [3.05, 3.63) is 87.9 Å². The Balaban J connectivity index is 1.48. The highest BCUT2D eigenvalue weighted by Crippen LogP contribution is 2.29. The van der Waals surface area contributed by atoms with Gasteiger partial charge in [0, 0.05) is 17.1 Å². The lowest BCUT2D eigenvalue weighted by Gasteiger charge is -2.16. The normalized spacial score (nSPS) is 11.6. The van der Waals surface area contributed by atoms with E-state index < -0.39 is 6.10 Å². The number of carbonyl (C=O) groups excluding carboxylic acids is 1. The summed E-state index contributed by atoms with van der Waals surface area (Å²) in [5.74, 6) is 1.07. The Morgan fingerprint density at radius 3 is 2.48 bits per heavy atom. The van der Waals surface area contributed by atoms with Crippen LogP contribution < -0.4 is 14.8 Å². The Hall–Kier alpha value is -2.50. The first-order valence-corrected chi connectivity index (χ1v) is 10.4. The van der Waals surface area contributed by atoms with Gasteiger partial charge < -0.3 is 14.8 Å². The van der Waals surface area contributed by atoms with Gasteiger partial charge in [-0.3, -0.25) is 4.79 Å². The first-order chi connectivity index (χ1) is 14.0. The minimum atomic E-state index is -0.672. The van der Waals surface area contributed by atoms with E-state index in [1.807, 2.05) is 30.3 Å². The summed E-state index contributed by atoms with van der Waals surface area (Å²) >= 11 is 9.30. The van der Waals surface area contributed by atoms with Gasteiger partial charge in [0.25, 0.3) is 5.91 Å². The second kappa shape index (κ2) is 10.3. The topological polar surface area (TPSA) is 47.6 Å². The van der Waals surface area contributed by atoms with E-state index >= 15 is 0 Å². The molecule has 4 nitrogen and oxygen atoms in total. The molecular weight excluding hydrogens is 454 g/mol. The minimum absolute atomic E-state index is 0.246. The largest absolute Gasteiger partial charge is 0.493 e. The molecule has 29 heavy (non-hydrogen) atoms. The van der Waals surface area contributed by atoms with Crippen LogP contribution in [0.5, 0.6) is 11.5 Å². The number of carbonyl (C=O) groups is 1. The molecule has 0 fully saturated rings.